The number of aryl methyl sites for hydroxylation is 1. The minimum atomic E-state index is -0.293. The monoisotopic (exact) mass is 289 g/mol. The van der Waals surface area contributed by atoms with Crippen molar-refractivity contribution in [1.29, 1.82) is 0 Å². The van der Waals surface area contributed by atoms with E-state index >= 15 is 0 Å². The molecule has 0 spiro atoms. The van der Waals surface area contributed by atoms with Crippen molar-refractivity contribution in [2.75, 3.05) is 0 Å². The van der Waals surface area contributed by atoms with E-state index in [0.717, 1.165) is 16.8 Å². The van der Waals surface area contributed by atoms with Crippen LogP contribution in [0.25, 0.3) is 11.3 Å². The van der Waals surface area contributed by atoms with E-state index in [-0.39, 0.29) is 23.7 Å². The van der Waals surface area contributed by atoms with Crippen molar-refractivity contribution in [2.24, 2.45) is 0 Å². The molecular weight excluding hydrogens is 269 g/mol. The van der Waals surface area contributed by atoms with Gasteiger partial charge in [0, 0.05) is 22.4 Å². The van der Waals surface area contributed by atoms with Crippen molar-refractivity contribution in [1.82, 2.24) is 15.5 Å². The van der Waals surface area contributed by atoms with Crippen molar-refractivity contribution in [3.8, 4) is 11.3 Å². The summed E-state index contributed by atoms with van der Waals surface area (Å²) in [6.45, 7) is 7.69. The topological polar surface area (TPSA) is 57.8 Å². The number of rotatable bonds is 3. The Kier molecular flexibility index (Phi) is 4.11. The fraction of sp³-hybridized carbons (Fsp3) is 0.375. The lowest BCUT2D eigenvalue weighted by molar-refractivity contribution is -0.121. The molecule has 0 radical (unpaired) electrons. The van der Waals surface area contributed by atoms with E-state index in [4.69, 9.17) is 0 Å². The molecule has 0 atom stereocenters. The third-order valence-corrected chi connectivity index (χ3v) is 3.04. The zero-order valence-corrected chi connectivity index (χ0v) is 12.7. The molecule has 0 saturated heterocycles. The summed E-state index contributed by atoms with van der Waals surface area (Å²) in [7, 11) is 0. The molecule has 112 valence electrons. The minimum absolute atomic E-state index is 0.0599. The Balaban J connectivity index is 2.26. The third-order valence-electron chi connectivity index (χ3n) is 3.04. The Hall–Kier alpha value is -2.17. The van der Waals surface area contributed by atoms with Crippen LogP contribution in [0, 0.1) is 12.7 Å². The van der Waals surface area contributed by atoms with Gasteiger partial charge in [0.15, 0.2) is 0 Å². The maximum atomic E-state index is 13.0. The number of aromatic nitrogens is 2. The van der Waals surface area contributed by atoms with E-state index in [0.29, 0.717) is 5.69 Å². The highest BCUT2D eigenvalue weighted by Crippen LogP contribution is 2.24. The number of hydrogen-bond acceptors (Lipinski definition) is 2. The van der Waals surface area contributed by atoms with Crippen LogP contribution in [0.5, 0.6) is 0 Å². The number of aromatic amines is 1. The molecule has 21 heavy (non-hydrogen) atoms. The molecular formula is C16H20FN3O. The van der Waals surface area contributed by atoms with Crippen LogP contribution in [0.15, 0.2) is 24.3 Å². The van der Waals surface area contributed by atoms with Gasteiger partial charge in [0.2, 0.25) is 5.91 Å². The van der Waals surface area contributed by atoms with Gasteiger partial charge in [-0.3, -0.25) is 9.89 Å². The molecule has 0 aliphatic rings. The van der Waals surface area contributed by atoms with Crippen molar-refractivity contribution in [3.63, 3.8) is 0 Å². The van der Waals surface area contributed by atoms with Crippen LogP contribution < -0.4 is 5.32 Å². The first kappa shape index (κ1) is 15.2. The predicted octanol–water partition coefficient (Wildman–Crippen LogP) is 2.98. The molecule has 1 amide bonds. The number of nitrogens with one attached hydrogen (secondary N) is 2. The van der Waals surface area contributed by atoms with Gasteiger partial charge in [-0.1, -0.05) is 0 Å². The van der Waals surface area contributed by atoms with E-state index in [9.17, 15) is 9.18 Å². The first-order valence-electron chi connectivity index (χ1n) is 6.87. The molecule has 2 rings (SSSR count). The van der Waals surface area contributed by atoms with Crippen molar-refractivity contribution < 1.29 is 9.18 Å². The molecule has 0 fully saturated rings. The number of nitrogens with zero attached hydrogens (tertiary/aromatic N) is 1. The minimum Gasteiger partial charge on any atom is -0.351 e. The Morgan fingerprint density at radius 1 is 1.29 bits per heavy atom. The molecule has 1 aromatic carbocycles. The maximum Gasteiger partial charge on any atom is 0.224 e. The van der Waals surface area contributed by atoms with Gasteiger partial charge in [0.25, 0.3) is 0 Å². The molecule has 0 unspecified atom stereocenters. The predicted molar refractivity (Wildman–Crippen MR) is 80.3 cm³/mol. The van der Waals surface area contributed by atoms with Crippen LogP contribution >= 0.6 is 0 Å². The van der Waals surface area contributed by atoms with Crippen LogP contribution in [-0.4, -0.2) is 21.6 Å². The summed E-state index contributed by atoms with van der Waals surface area (Å²) in [6.07, 6.45) is 0.242. The third kappa shape index (κ3) is 3.90. The average molecular weight is 289 g/mol. The highest BCUT2D eigenvalue weighted by molar-refractivity contribution is 5.82. The van der Waals surface area contributed by atoms with Crippen LogP contribution in [0.3, 0.4) is 0 Å². The van der Waals surface area contributed by atoms with Crippen LogP contribution in [0.2, 0.25) is 0 Å². The second kappa shape index (κ2) is 5.68. The molecule has 2 aromatic rings. The number of benzene rings is 1. The van der Waals surface area contributed by atoms with Crippen LogP contribution in [-0.2, 0) is 11.2 Å². The van der Waals surface area contributed by atoms with Gasteiger partial charge in [-0.25, -0.2) is 4.39 Å². The van der Waals surface area contributed by atoms with Crippen LogP contribution in [0.4, 0.5) is 4.39 Å². The largest absolute Gasteiger partial charge is 0.351 e. The summed E-state index contributed by atoms with van der Waals surface area (Å²) in [5, 5.41) is 10.1. The van der Waals surface area contributed by atoms with E-state index < -0.39 is 0 Å². The van der Waals surface area contributed by atoms with Gasteiger partial charge in [-0.05, 0) is 52.0 Å². The fourth-order valence-corrected chi connectivity index (χ4v) is 2.14. The average Bonchev–Trinajstić information content (AvgIpc) is 2.70. The van der Waals surface area contributed by atoms with Crippen molar-refractivity contribution in [2.45, 2.75) is 39.7 Å². The Morgan fingerprint density at radius 3 is 2.48 bits per heavy atom. The van der Waals surface area contributed by atoms with Gasteiger partial charge in [0.1, 0.15) is 5.82 Å². The van der Waals surface area contributed by atoms with Crippen LogP contribution in [0.1, 0.15) is 32.0 Å². The number of carbonyl (C=O) groups excluding carboxylic acids is 1. The quantitative estimate of drug-likeness (QED) is 0.912. The van der Waals surface area contributed by atoms with E-state index in [1.807, 2.05) is 27.7 Å². The molecule has 0 aliphatic carbocycles. The highest BCUT2D eigenvalue weighted by Gasteiger charge is 2.19. The van der Waals surface area contributed by atoms with Gasteiger partial charge < -0.3 is 5.32 Å². The molecule has 4 nitrogen and oxygen atoms in total. The molecule has 0 saturated carbocycles. The molecule has 1 aromatic heterocycles. The van der Waals surface area contributed by atoms with Crippen molar-refractivity contribution >= 4 is 5.91 Å². The number of hydrogen-bond donors (Lipinski definition) is 2. The highest BCUT2D eigenvalue weighted by atomic mass is 19.1. The van der Waals surface area contributed by atoms with Gasteiger partial charge >= 0.3 is 0 Å². The number of amides is 1. The zero-order chi connectivity index (χ0) is 15.6. The van der Waals surface area contributed by atoms with Gasteiger partial charge in [-0.2, -0.15) is 5.10 Å². The smallest absolute Gasteiger partial charge is 0.224 e. The molecule has 0 aliphatic heterocycles. The molecule has 1 heterocycles. The Bertz CT molecular complexity index is 639. The molecule has 5 heteroatoms. The second-order valence-electron chi connectivity index (χ2n) is 6.16. The first-order valence-corrected chi connectivity index (χ1v) is 6.87. The zero-order valence-electron chi connectivity index (χ0n) is 12.7. The number of carbonyl (C=O) groups is 1. The lowest BCUT2D eigenvalue weighted by atomic mass is 10.0. The summed E-state index contributed by atoms with van der Waals surface area (Å²) in [4.78, 5) is 12.1. The van der Waals surface area contributed by atoms with E-state index in [1.54, 1.807) is 12.1 Å². The summed E-state index contributed by atoms with van der Waals surface area (Å²) in [5.74, 6) is -0.353. The first-order chi connectivity index (χ1) is 9.76. The summed E-state index contributed by atoms with van der Waals surface area (Å²) in [5.41, 5.74) is 2.89. The van der Waals surface area contributed by atoms with E-state index in [2.05, 4.69) is 15.5 Å². The normalized spacial score (nSPS) is 11.5. The number of H-pyrrole nitrogens is 1. The lowest BCUT2D eigenvalue weighted by Gasteiger charge is -2.20. The second-order valence-corrected chi connectivity index (χ2v) is 6.16. The SMILES string of the molecule is Cc1[nH]nc(-c2ccc(F)cc2)c1CC(=O)NC(C)(C)C. The lowest BCUT2D eigenvalue weighted by Crippen LogP contribution is -2.41. The van der Waals surface area contributed by atoms with Gasteiger partial charge in [-0.15, -0.1) is 0 Å². The Morgan fingerprint density at radius 2 is 1.90 bits per heavy atom. The van der Waals surface area contributed by atoms with Gasteiger partial charge in [0.05, 0.1) is 12.1 Å². The number of halogens is 1. The van der Waals surface area contributed by atoms with Crippen molar-refractivity contribution in [3.05, 3.63) is 41.3 Å². The fourth-order valence-electron chi connectivity index (χ4n) is 2.14. The molecule has 2 N–H and O–H groups in total. The molecule has 0 bridgehead atoms. The standard InChI is InChI=1S/C16H20FN3O/c1-10-13(9-14(21)18-16(2,3)4)15(20-19-10)11-5-7-12(17)8-6-11/h5-8H,9H2,1-4H3,(H,18,21)(H,19,20). The summed E-state index contributed by atoms with van der Waals surface area (Å²) in [6, 6.07) is 6.10. The maximum absolute atomic E-state index is 13.0. The summed E-state index contributed by atoms with van der Waals surface area (Å²) >= 11 is 0. The summed E-state index contributed by atoms with van der Waals surface area (Å²) < 4.78 is 13.0. The Labute approximate surface area is 123 Å². The van der Waals surface area contributed by atoms with E-state index in [1.165, 1.54) is 12.1 Å².